The predicted octanol–water partition coefficient (Wildman–Crippen LogP) is 5.74. The zero-order valence-corrected chi connectivity index (χ0v) is 15.3. The van der Waals surface area contributed by atoms with Crippen LogP contribution in [0.3, 0.4) is 0 Å². The Hall–Kier alpha value is -2.28. The van der Waals surface area contributed by atoms with Gasteiger partial charge in [-0.2, -0.15) is 0 Å². The summed E-state index contributed by atoms with van der Waals surface area (Å²) in [7, 11) is 0. The van der Waals surface area contributed by atoms with Crippen molar-refractivity contribution >= 4 is 5.57 Å². The van der Waals surface area contributed by atoms with E-state index in [9.17, 15) is 0 Å². The molecule has 0 unspecified atom stereocenters. The van der Waals surface area contributed by atoms with Crippen molar-refractivity contribution in [3.05, 3.63) is 88.1 Å². The van der Waals surface area contributed by atoms with Gasteiger partial charge in [-0.25, -0.2) is 0 Å². The highest BCUT2D eigenvalue weighted by atomic mass is 14.6. The summed E-state index contributed by atoms with van der Waals surface area (Å²) in [6.07, 6.45) is 8.44. The van der Waals surface area contributed by atoms with Crippen molar-refractivity contribution in [1.29, 1.82) is 0 Å². The molecule has 0 aromatic heterocycles. The van der Waals surface area contributed by atoms with E-state index in [-0.39, 0.29) is 5.41 Å². The van der Waals surface area contributed by atoms with Crippen LogP contribution < -0.4 is 5.73 Å². The maximum atomic E-state index is 6.37. The molecule has 1 saturated carbocycles. The summed E-state index contributed by atoms with van der Waals surface area (Å²) < 4.78 is 0. The van der Waals surface area contributed by atoms with Crippen LogP contribution in [0.5, 0.6) is 0 Å². The maximum absolute atomic E-state index is 6.37. The molecule has 2 N–H and O–H groups in total. The zero-order valence-electron chi connectivity index (χ0n) is 15.3. The maximum Gasteiger partial charge on any atom is 0.0212 e. The van der Waals surface area contributed by atoms with Crippen molar-refractivity contribution in [3.63, 3.8) is 0 Å². The summed E-state index contributed by atoms with van der Waals surface area (Å²) in [5.74, 6) is 0. The highest BCUT2D eigenvalue weighted by Crippen LogP contribution is 2.58. The van der Waals surface area contributed by atoms with Crippen LogP contribution in [-0.4, -0.2) is 0 Å². The summed E-state index contributed by atoms with van der Waals surface area (Å²) >= 11 is 0. The first-order valence-electron chi connectivity index (χ1n) is 9.47. The lowest BCUT2D eigenvalue weighted by atomic mass is 9.76. The lowest BCUT2D eigenvalue weighted by molar-refractivity contribution is 0.549. The summed E-state index contributed by atoms with van der Waals surface area (Å²) in [5.41, 5.74) is 15.9. The summed E-state index contributed by atoms with van der Waals surface area (Å²) in [6.45, 7) is 4.23. The molecule has 0 atom stereocenters. The van der Waals surface area contributed by atoms with E-state index in [2.05, 4.69) is 68.5 Å². The van der Waals surface area contributed by atoms with E-state index in [0.717, 1.165) is 12.1 Å². The third-order valence-electron chi connectivity index (χ3n) is 6.04. The molecule has 0 saturated heterocycles. The molecule has 0 heterocycles. The van der Waals surface area contributed by atoms with Gasteiger partial charge in [0.2, 0.25) is 0 Å². The molecule has 2 aromatic carbocycles. The van der Waals surface area contributed by atoms with Crippen LogP contribution in [0.1, 0.15) is 61.8 Å². The van der Waals surface area contributed by atoms with Crippen molar-refractivity contribution in [1.82, 2.24) is 0 Å². The average molecular weight is 329 g/mol. The normalized spacial score (nSPS) is 21.8. The lowest BCUT2D eigenvalue weighted by Gasteiger charge is -2.27. The Kier molecular flexibility index (Phi) is 4.03. The fourth-order valence-corrected chi connectivity index (χ4v) is 5.05. The van der Waals surface area contributed by atoms with Gasteiger partial charge in [0.1, 0.15) is 0 Å². The van der Waals surface area contributed by atoms with E-state index in [0.29, 0.717) is 0 Å². The second kappa shape index (κ2) is 6.22. The number of hydrogen-bond acceptors (Lipinski definition) is 1. The zero-order chi connectivity index (χ0) is 17.4. The average Bonchev–Trinajstić information content (AvgIpc) is 3.20. The second-order valence-corrected chi connectivity index (χ2v) is 7.59. The molecule has 1 nitrogen and oxygen atoms in total. The van der Waals surface area contributed by atoms with Crippen LogP contribution in [0.15, 0.2) is 65.9 Å². The van der Waals surface area contributed by atoms with Crippen molar-refractivity contribution < 1.29 is 0 Å². The van der Waals surface area contributed by atoms with Crippen LogP contribution >= 0.6 is 0 Å². The fraction of sp³-hybridized carbons (Fsp3) is 0.333. The van der Waals surface area contributed by atoms with Gasteiger partial charge in [-0.1, -0.05) is 67.4 Å². The first-order chi connectivity index (χ1) is 12.2. The van der Waals surface area contributed by atoms with Gasteiger partial charge in [0, 0.05) is 16.7 Å². The van der Waals surface area contributed by atoms with Gasteiger partial charge in [-0.3, -0.25) is 0 Å². The molecule has 2 aliphatic rings. The fourth-order valence-electron chi connectivity index (χ4n) is 5.05. The number of fused-ring (bicyclic) bond motifs is 2. The number of allylic oxidation sites excluding steroid dienone is 4. The van der Waals surface area contributed by atoms with E-state index < -0.39 is 0 Å². The highest BCUT2D eigenvalue weighted by Gasteiger charge is 2.47. The Labute approximate surface area is 151 Å². The molecule has 0 amide bonds. The minimum atomic E-state index is 0.214. The molecule has 0 bridgehead atoms. The van der Waals surface area contributed by atoms with Crippen LogP contribution in [0.2, 0.25) is 0 Å². The molecule has 4 rings (SSSR count). The molecule has 25 heavy (non-hydrogen) atoms. The Bertz CT molecular complexity index is 845. The minimum absolute atomic E-state index is 0.214. The Morgan fingerprint density at radius 2 is 1.76 bits per heavy atom. The molecular formula is C24H27N. The largest absolute Gasteiger partial charge is 0.402 e. The minimum Gasteiger partial charge on any atom is -0.402 e. The van der Waals surface area contributed by atoms with E-state index in [4.69, 9.17) is 5.73 Å². The molecule has 2 aromatic rings. The molecule has 1 heteroatoms. The van der Waals surface area contributed by atoms with Crippen LogP contribution in [-0.2, 0) is 11.8 Å². The van der Waals surface area contributed by atoms with Gasteiger partial charge >= 0.3 is 0 Å². The Morgan fingerprint density at radius 3 is 2.40 bits per heavy atom. The van der Waals surface area contributed by atoms with Gasteiger partial charge < -0.3 is 5.73 Å². The SMILES string of the molecule is C/C=C1\C(=C(/C)N)c2cc(Cc3ccccc3)ccc2C12CCCC2. The molecule has 128 valence electrons. The third kappa shape index (κ3) is 2.54. The van der Waals surface area contributed by atoms with Gasteiger partial charge in [-0.15, -0.1) is 0 Å². The smallest absolute Gasteiger partial charge is 0.0212 e. The van der Waals surface area contributed by atoms with Gasteiger partial charge in [0.15, 0.2) is 0 Å². The Balaban J connectivity index is 1.84. The van der Waals surface area contributed by atoms with E-state index in [1.165, 1.54) is 59.1 Å². The lowest BCUT2D eigenvalue weighted by Crippen LogP contribution is -2.20. The molecule has 0 aliphatic heterocycles. The quantitative estimate of drug-likeness (QED) is 0.747. The van der Waals surface area contributed by atoms with Gasteiger partial charge in [0.05, 0.1) is 0 Å². The van der Waals surface area contributed by atoms with Crippen molar-refractivity contribution in [3.8, 4) is 0 Å². The van der Waals surface area contributed by atoms with Gasteiger partial charge in [0.25, 0.3) is 0 Å². The van der Waals surface area contributed by atoms with E-state index in [1.807, 2.05) is 0 Å². The molecule has 2 aliphatic carbocycles. The monoisotopic (exact) mass is 329 g/mol. The highest BCUT2D eigenvalue weighted by molar-refractivity contribution is 5.91. The first kappa shape index (κ1) is 16.2. The van der Waals surface area contributed by atoms with Crippen LogP contribution in [0.4, 0.5) is 0 Å². The number of benzene rings is 2. The topological polar surface area (TPSA) is 26.0 Å². The second-order valence-electron chi connectivity index (χ2n) is 7.59. The van der Waals surface area contributed by atoms with Crippen molar-refractivity contribution in [2.75, 3.05) is 0 Å². The molecule has 1 spiro atoms. The van der Waals surface area contributed by atoms with Crippen LogP contribution in [0, 0.1) is 0 Å². The Morgan fingerprint density at radius 1 is 1.04 bits per heavy atom. The van der Waals surface area contributed by atoms with Crippen molar-refractivity contribution in [2.24, 2.45) is 5.73 Å². The van der Waals surface area contributed by atoms with Crippen molar-refractivity contribution in [2.45, 2.75) is 51.4 Å². The third-order valence-corrected chi connectivity index (χ3v) is 6.04. The first-order valence-corrected chi connectivity index (χ1v) is 9.47. The van der Waals surface area contributed by atoms with E-state index >= 15 is 0 Å². The number of rotatable bonds is 2. The summed E-state index contributed by atoms with van der Waals surface area (Å²) in [6, 6.07) is 17.8. The summed E-state index contributed by atoms with van der Waals surface area (Å²) in [4.78, 5) is 0. The van der Waals surface area contributed by atoms with Crippen LogP contribution in [0.25, 0.3) is 5.57 Å². The predicted molar refractivity (Wildman–Crippen MR) is 106 cm³/mol. The molecule has 0 radical (unpaired) electrons. The summed E-state index contributed by atoms with van der Waals surface area (Å²) in [5, 5.41) is 0. The molecular weight excluding hydrogens is 302 g/mol. The standard InChI is InChI=1S/C24H27N/c1-3-21-23(17(2)25)20-16-19(15-18-9-5-4-6-10-18)11-12-22(20)24(21)13-7-8-14-24/h3-6,9-12,16H,7-8,13-15,25H2,1-2H3/b21-3+,23-17+. The van der Waals surface area contributed by atoms with Gasteiger partial charge in [-0.05, 0) is 60.9 Å². The van der Waals surface area contributed by atoms with E-state index in [1.54, 1.807) is 0 Å². The number of nitrogens with two attached hydrogens (primary N) is 1. The molecule has 1 fully saturated rings. The number of hydrogen-bond donors (Lipinski definition) is 1.